The zero-order valence-electron chi connectivity index (χ0n) is 6.12. The van der Waals surface area contributed by atoms with E-state index in [-0.39, 0.29) is 0 Å². The smallest absolute Gasteiger partial charge is 0.384 e. The van der Waals surface area contributed by atoms with Crippen LogP contribution >= 0.6 is 0 Å². The molecular weight excluding hydrogens is 148 g/mol. The molecule has 1 heterocycles. The lowest BCUT2D eigenvalue weighted by Gasteiger charge is -1.96. The Morgan fingerprint density at radius 2 is 2.18 bits per heavy atom. The second kappa shape index (κ2) is 3.96. The molecule has 0 aromatic heterocycles. The maximum absolute atomic E-state index is 10.5. The third kappa shape index (κ3) is 2.58. The summed E-state index contributed by atoms with van der Waals surface area (Å²) in [5.41, 5.74) is 0. The molecule has 0 aromatic rings. The summed E-state index contributed by atoms with van der Waals surface area (Å²) in [4.78, 5) is 10.5. The lowest BCUT2D eigenvalue weighted by molar-refractivity contribution is -0.133. The van der Waals surface area contributed by atoms with Gasteiger partial charge in [-0.05, 0) is 5.92 Å². The van der Waals surface area contributed by atoms with Gasteiger partial charge in [-0.25, -0.2) is 4.79 Å². The van der Waals surface area contributed by atoms with Gasteiger partial charge in [0.05, 0.1) is 20.3 Å². The molecule has 0 spiro atoms. The Bertz CT molecular complexity index is 194. The quantitative estimate of drug-likeness (QED) is 0.270. The highest BCUT2D eigenvalue weighted by Gasteiger charge is 2.12. The first-order valence-corrected chi connectivity index (χ1v) is 3.15. The lowest BCUT2D eigenvalue weighted by atomic mass is 10.5. The van der Waals surface area contributed by atoms with Gasteiger partial charge < -0.3 is 14.2 Å². The van der Waals surface area contributed by atoms with Crippen LogP contribution in [0, 0.1) is 11.8 Å². The summed E-state index contributed by atoms with van der Waals surface area (Å²) in [6.07, 6.45) is -0.561. The summed E-state index contributed by atoms with van der Waals surface area (Å²) in [7, 11) is 1.27. The standard InChI is InChI=1S/C7H8O4/c1-9-6(8)2-3-7-10-4-5-11-7/h7H,4-5H2,1H3. The Hall–Kier alpha value is -1.05. The molecule has 0 aliphatic carbocycles. The molecular formula is C7H8O4. The number of carbonyl (C=O) groups excluding carboxylic acids is 1. The van der Waals surface area contributed by atoms with Gasteiger partial charge in [0.25, 0.3) is 0 Å². The minimum absolute atomic E-state index is 0.528. The van der Waals surface area contributed by atoms with Crippen molar-refractivity contribution in [2.75, 3.05) is 20.3 Å². The molecule has 0 N–H and O–H groups in total. The molecule has 0 radical (unpaired) electrons. The summed E-state index contributed by atoms with van der Waals surface area (Å²) in [6, 6.07) is 0. The SMILES string of the molecule is COC(=O)C#CC1OCCO1. The first kappa shape index (κ1) is 8.05. The van der Waals surface area contributed by atoms with Crippen LogP contribution < -0.4 is 0 Å². The third-order valence-electron chi connectivity index (χ3n) is 1.10. The van der Waals surface area contributed by atoms with Crippen LogP contribution in [0.1, 0.15) is 0 Å². The molecule has 0 saturated carbocycles. The van der Waals surface area contributed by atoms with Crippen molar-refractivity contribution in [3.05, 3.63) is 0 Å². The number of rotatable bonds is 0. The minimum atomic E-state index is -0.580. The van der Waals surface area contributed by atoms with Gasteiger partial charge in [0.15, 0.2) is 0 Å². The van der Waals surface area contributed by atoms with E-state index in [1.165, 1.54) is 7.11 Å². The second-order valence-electron chi connectivity index (χ2n) is 1.83. The molecule has 1 rings (SSSR count). The first-order valence-electron chi connectivity index (χ1n) is 3.15. The minimum Gasteiger partial charge on any atom is -0.459 e. The van der Waals surface area contributed by atoms with E-state index in [0.29, 0.717) is 13.2 Å². The van der Waals surface area contributed by atoms with Crippen molar-refractivity contribution in [3.8, 4) is 11.8 Å². The molecule has 1 fully saturated rings. The van der Waals surface area contributed by atoms with Crippen molar-refractivity contribution in [2.24, 2.45) is 0 Å². The largest absolute Gasteiger partial charge is 0.459 e. The highest BCUT2D eigenvalue weighted by atomic mass is 16.7. The average Bonchev–Trinajstić information content (AvgIpc) is 2.52. The monoisotopic (exact) mass is 156 g/mol. The molecule has 60 valence electrons. The number of ether oxygens (including phenoxy) is 3. The van der Waals surface area contributed by atoms with E-state index in [1.807, 2.05) is 0 Å². The van der Waals surface area contributed by atoms with E-state index in [2.05, 4.69) is 16.6 Å². The Kier molecular flexibility index (Phi) is 2.90. The number of carbonyl (C=O) groups is 1. The average molecular weight is 156 g/mol. The molecule has 0 atom stereocenters. The molecule has 4 heteroatoms. The Morgan fingerprint density at radius 3 is 2.73 bits per heavy atom. The molecule has 1 aliphatic rings. The molecule has 1 saturated heterocycles. The summed E-state index contributed by atoms with van der Waals surface area (Å²) in [5.74, 6) is 4.10. The Morgan fingerprint density at radius 1 is 1.55 bits per heavy atom. The predicted molar refractivity (Wildman–Crippen MR) is 35.5 cm³/mol. The molecule has 11 heavy (non-hydrogen) atoms. The number of esters is 1. The van der Waals surface area contributed by atoms with E-state index in [1.54, 1.807) is 0 Å². The molecule has 4 nitrogen and oxygen atoms in total. The molecule has 0 unspecified atom stereocenters. The molecule has 0 bridgehead atoms. The van der Waals surface area contributed by atoms with E-state index >= 15 is 0 Å². The van der Waals surface area contributed by atoms with Crippen LogP contribution in [0.5, 0.6) is 0 Å². The van der Waals surface area contributed by atoms with Gasteiger partial charge in [-0.2, -0.15) is 0 Å². The Labute approximate surface area is 64.4 Å². The van der Waals surface area contributed by atoms with Gasteiger partial charge in [-0.3, -0.25) is 0 Å². The summed E-state index contributed by atoms with van der Waals surface area (Å²) >= 11 is 0. The van der Waals surface area contributed by atoms with Crippen molar-refractivity contribution < 1.29 is 19.0 Å². The van der Waals surface area contributed by atoms with Crippen LogP contribution in [0.3, 0.4) is 0 Å². The van der Waals surface area contributed by atoms with Crippen LogP contribution in [0.2, 0.25) is 0 Å². The zero-order chi connectivity index (χ0) is 8.10. The van der Waals surface area contributed by atoms with Crippen molar-refractivity contribution >= 4 is 5.97 Å². The van der Waals surface area contributed by atoms with E-state index in [9.17, 15) is 4.79 Å². The van der Waals surface area contributed by atoms with Crippen molar-refractivity contribution in [1.29, 1.82) is 0 Å². The highest BCUT2D eigenvalue weighted by molar-refractivity contribution is 5.88. The predicted octanol–water partition coefficient (Wildman–Crippen LogP) is -0.464. The summed E-state index contributed by atoms with van der Waals surface area (Å²) in [5, 5.41) is 0. The third-order valence-corrected chi connectivity index (χ3v) is 1.10. The number of hydrogen-bond donors (Lipinski definition) is 0. The van der Waals surface area contributed by atoms with Gasteiger partial charge >= 0.3 is 5.97 Å². The second-order valence-corrected chi connectivity index (χ2v) is 1.83. The van der Waals surface area contributed by atoms with Gasteiger partial charge in [0, 0.05) is 5.92 Å². The first-order chi connectivity index (χ1) is 5.33. The van der Waals surface area contributed by atoms with Gasteiger partial charge in [0.2, 0.25) is 6.29 Å². The highest BCUT2D eigenvalue weighted by Crippen LogP contribution is 2.00. The fourth-order valence-corrected chi connectivity index (χ4v) is 0.611. The van der Waals surface area contributed by atoms with Crippen LogP contribution in [-0.2, 0) is 19.0 Å². The van der Waals surface area contributed by atoms with Crippen molar-refractivity contribution in [1.82, 2.24) is 0 Å². The maximum atomic E-state index is 10.5. The fraction of sp³-hybridized carbons (Fsp3) is 0.571. The molecule has 0 amide bonds. The summed E-state index contributed by atoms with van der Waals surface area (Å²) < 4.78 is 14.2. The van der Waals surface area contributed by atoms with Crippen molar-refractivity contribution in [3.63, 3.8) is 0 Å². The van der Waals surface area contributed by atoms with Gasteiger partial charge in [-0.15, -0.1) is 0 Å². The Balaban J connectivity index is 2.36. The van der Waals surface area contributed by atoms with Crippen molar-refractivity contribution in [2.45, 2.75) is 6.29 Å². The maximum Gasteiger partial charge on any atom is 0.384 e. The molecule has 1 aliphatic heterocycles. The van der Waals surface area contributed by atoms with Gasteiger partial charge in [-0.1, -0.05) is 0 Å². The topological polar surface area (TPSA) is 44.8 Å². The van der Waals surface area contributed by atoms with E-state index < -0.39 is 12.3 Å². The fourth-order valence-electron chi connectivity index (χ4n) is 0.611. The van der Waals surface area contributed by atoms with Crippen LogP contribution in [0.15, 0.2) is 0 Å². The molecule has 0 aromatic carbocycles. The van der Waals surface area contributed by atoms with E-state index in [0.717, 1.165) is 0 Å². The van der Waals surface area contributed by atoms with Crippen LogP contribution in [0.25, 0.3) is 0 Å². The normalized spacial score (nSPS) is 17.2. The number of hydrogen-bond acceptors (Lipinski definition) is 4. The number of methoxy groups -OCH3 is 1. The van der Waals surface area contributed by atoms with E-state index in [4.69, 9.17) is 9.47 Å². The van der Waals surface area contributed by atoms with Crippen LogP contribution in [-0.4, -0.2) is 32.6 Å². The van der Waals surface area contributed by atoms with Crippen LogP contribution in [0.4, 0.5) is 0 Å². The summed E-state index contributed by atoms with van der Waals surface area (Å²) in [6.45, 7) is 1.06. The lowest BCUT2D eigenvalue weighted by Crippen LogP contribution is -2.05. The zero-order valence-corrected chi connectivity index (χ0v) is 6.12. The van der Waals surface area contributed by atoms with Gasteiger partial charge in [0.1, 0.15) is 0 Å².